The highest BCUT2D eigenvalue weighted by molar-refractivity contribution is 6.13. The molecule has 2 atom stereocenters. The van der Waals surface area contributed by atoms with E-state index in [9.17, 15) is 19.2 Å². The highest BCUT2D eigenvalue weighted by Gasteiger charge is 2.66. The molecule has 0 N–H and O–H groups in total. The van der Waals surface area contributed by atoms with Crippen LogP contribution < -0.4 is 0 Å². The summed E-state index contributed by atoms with van der Waals surface area (Å²) in [5.41, 5.74) is -3.35. The fourth-order valence-electron chi connectivity index (χ4n) is 4.62. The molecule has 6 nitrogen and oxygen atoms in total. The zero-order chi connectivity index (χ0) is 28.0. The van der Waals surface area contributed by atoms with Gasteiger partial charge in [-0.1, -0.05) is 102 Å². The van der Waals surface area contributed by atoms with Crippen molar-refractivity contribution in [1.82, 2.24) is 0 Å². The molecule has 0 radical (unpaired) electrons. The van der Waals surface area contributed by atoms with E-state index in [2.05, 4.69) is 0 Å². The van der Waals surface area contributed by atoms with Crippen molar-refractivity contribution in [2.45, 2.75) is 67.2 Å². The third-order valence-electron chi connectivity index (χ3n) is 6.41. The number of hydrogen-bond donors (Lipinski definition) is 0. The molecule has 0 aliphatic heterocycles. The molecule has 0 bridgehead atoms. The van der Waals surface area contributed by atoms with Crippen LogP contribution in [0.4, 0.5) is 0 Å². The molecule has 0 aliphatic rings. The van der Waals surface area contributed by atoms with Crippen LogP contribution in [0.2, 0.25) is 0 Å². The van der Waals surface area contributed by atoms with E-state index in [1.165, 1.54) is 0 Å². The SMILES string of the molecule is CCOC(=O)C(C(=O)OCC)(C(C(=O)C(C)(C)C)c1ccccc1)C(C(=O)C(C)(C)C)c1ccccc1. The van der Waals surface area contributed by atoms with Gasteiger partial charge in [-0.05, 0) is 25.0 Å². The van der Waals surface area contributed by atoms with Crippen molar-refractivity contribution in [2.75, 3.05) is 13.2 Å². The monoisotopic (exact) mass is 508 g/mol. The van der Waals surface area contributed by atoms with Crippen LogP contribution in [0.15, 0.2) is 60.7 Å². The molecule has 0 saturated carbocycles. The van der Waals surface area contributed by atoms with E-state index in [4.69, 9.17) is 9.47 Å². The number of rotatable bonds is 10. The highest BCUT2D eigenvalue weighted by Crippen LogP contribution is 2.53. The number of Topliss-reactive ketones (excluding diaryl/α,β-unsaturated/α-hetero) is 2. The van der Waals surface area contributed by atoms with E-state index < -0.39 is 40.0 Å². The lowest BCUT2D eigenvalue weighted by atomic mass is 9.55. The van der Waals surface area contributed by atoms with Crippen LogP contribution in [0.25, 0.3) is 0 Å². The Morgan fingerprint density at radius 3 is 1.14 bits per heavy atom. The fraction of sp³-hybridized carbons (Fsp3) is 0.484. The first-order valence-electron chi connectivity index (χ1n) is 12.8. The number of ether oxygens (including phenoxy) is 2. The zero-order valence-electron chi connectivity index (χ0n) is 23.3. The summed E-state index contributed by atoms with van der Waals surface area (Å²) in [5.74, 6) is -5.34. The Labute approximate surface area is 220 Å². The number of carbonyl (C=O) groups is 4. The van der Waals surface area contributed by atoms with Crippen LogP contribution in [0.3, 0.4) is 0 Å². The van der Waals surface area contributed by atoms with Gasteiger partial charge in [0.05, 0.1) is 25.0 Å². The minimum Gasteiger partial charge on any atom is -0.465 e. The molecule has 2 aromatic rings. The van der Waals surface area contributed by atoms with Gasteiger partial charge in [0.1, 0.15) is 11.6 Å². The largest absolute Gasteiger partial charge is 0.465 e. The number of benzene rings is 2. The first-order valence-corrected chi connectivity index (χ1v) is 12.8. The molecular weight excluding hydrogens is 468 g/mol. The standard InChI is InChI=1S/C31H40O6/c1-9-36-27(34)31(28(35)37-10-2,23(25(32)29(3,4)5)21-17-13-11-14-18-21)24(26(33)30(6,7)8)22-19-15-12-16-20-22/h11-20,23-24H,9-10H2,1-8H3. The molecule has 2 unspecified atom stereocenters. The Kier molecular flexibility index (Phi) is 9.59. The van der Waals surface area contributed by atoms with Crippen LogP contribution in [0.5, 0.6) is 0 Å². The molecule has 0 amide bonds. The molecule has 0 aliphatic carbocycles. The van der Waals surface area contributed by atoms with Gasteiger partial charge in [0.25, 0.3) is 0 Å². The smallest absolute Gasteiger partial charge is 0.325 e. The molecule has 2 aromatic carbocycles. The number of carbonyl (C=O) groups excluding carboxylic acids is 4. The minimum atomic E-state index is -2.30. The number of ketones is 2. The normalized spacial score (nSPS) is 13.8. The summed E-state index contributed by atoms with van der Waals surface area (Å²) < 4.78 is 11.1. The van der Waals surface area contributed by atoms with E-state index in [-0.39, 0.29) is 24.8 Å². The van der Waals surface area contributed by atoms with Gasteiger partial charge in [-0.25, -0.2) is 0 Å². The van der Waals surface area contributed by atoms with Crippen LogP contribution in [-0.2, 0) is 28.7 Å². The number of hydrogen-bond acceptors (Lipinski definition) is 6. The Morgan fingerprint density at radius 1 is 0.595 bits per heavy atom. The molecule has 0 aromatic heterocycles. The Balaban J connectivity index is 3.20. The summed E-state index contributed by atoms with van der Waals surface area (Å²) in [5, 5.41) is 0. The van der Waals surface area contributed by atoms with Gasteiger partial charge < -0.3 is 9.47 Å². The second kappa shape index (κ2) is 11.8. The van der Waals surface area contributed by atoms with Gasteiger partial charge in [-0.15, -0.1) is 0 Å². The highest BCUT2D eigenvalue weighted by atomic mass is 16.6. The summed E-state index contributed by atoms with van der Waals surface area (Å²) in [6, 6.07) is 17.3. The van der Waals surface area contributed by atoms with Crippen LogP contribution in [-0.4, -0.2) is 36.7 Å². The van der Waals surface area contributed by atoms with Crippen LogP contribution in [0.1, 0.15) is 78.4 Å². The molecule has 2 rings (SSSR count). The van der Waals surface area contributed by atoms with E-state index in [0.717, 1.165) is 0 Å². The van der Waals surface area contributed by atoms with Crippen molar-refractivity contribution in [3.8, 4) is 0 Å². The lowest BCUT2D eigenvalue weighted by Crippen LogP contribution is -2.57. The predicted octanol–water partition coefficient (Wildman–Crippen LogP) is 5.90. The molecule has 0 saturated heterocycles. The van der Waals surface area contributed by atoms with Crippen LogP contribution >= 0.6 is 0 Å². The fourth-order valence-corrected chi connectivity index (χ4v) is 4.62. The van der Waals surface area contributed by atoms with Gasteiger partial charge >= 0.3 is 11.9 Å². The van der Waals surface area contributed by atoms with Crippen LogP contribution in [0, 0.1) is 16.2 Å². The lowest BCUT2D eigenvalue weighted by Gasteiger charge is -2.44. The Hall–Kier alpha value is -3.28. The van der Waals surface area contributed by atoms with Gasteiger partial charge in [0.15, 0.2) is 5.41 Å². The summed E-state index contributed by atoms with van der Waals surface area (Å²) in [6.07, 6.45) is 0. The molecule has 200 valence electrons. The molecular formula is C31H40O6. The van der Waals surface area contributed by atoms with Crippen molar-refractivity contribution < 1.29 is 28.7 Å². The van der Waals surface area contributed by atoms with Crippen molar-refractivity contribution in [3.05, 3.63) is 71.8 Å². The maximum absolute atomic E-state index is 14.3. The topological polar surface area (TPSA) is 86.7 Å². The molecule has 0 fully saturated rings. The quantitative estimate of drug-likeness (QED) is 0.293. The molecule has 0 heterocycles. The van der Waals surface area contributed by atoms with E-state index in [1.54, 1.807) is 116 Å². The summed E-state index contributed by atoms with van der Waals surface area (Å²) >= 11 is 0. The minimum absolute atomic E-state index is 0.0452. The van der Waals surface area contributed by atoms with Crippen molar-refractivity contribution >= 4 is 23.5 Å². The van der Waals surface area contributed by atoms with Gasteiger partial charge in [0.2, 0.25) is 0 Å². The Morgan fingerprint density at radius 2 is 0.892 bits per heavy atom. The second-order valence-corrected chi connectivity index (χ2v) is 11.2. The predicted molar refractivity (Wildman–Crippen MR) is 143 cm³/mol. The summed E-state index contributed by atoms with van der Waals surface area (Å²) in [6.45, 7) is 13.5. The first kappa shape index (κ1) is 29.9. The molecule has 37 heavy (non-hydrogen) atoms. The van der Waals surface area contributed by atoms with Gasteiger partial charge in [0, 0.05) is 10.8 Å². The average molecular weight is 509 g/mol. The Bertz CT molecular complexity index is 1000. The second-order valence-electron chi connectivity index (χ2n) is 11.2. The molecule has 0 spiro atoms. The average Bonchev–Trinajstić information content (AvgIpc) is 2.83. The summed E-state index contributed by atoms with van der Waals surface area (Å²) in [7, 11) is 0. The number of esters is 2. The van der Waals surface area contributed by atoms with Gasteiger partial charge in [-0.3, -0.25) is 19.2 Å². The maximum atomic E-state index is 14.3. The van der Waals surface area contributed by atoms with Gasteiger partial charge in [-0.2, -0.15) is 0 Å². The van der Waals surface area contributed by atoms with E-state index >= 15 is 0 Å². The van der Waals surface area contributed by atoms with Crippen molar-refractivity contribution in [2.24, 2.45) is 16.2 Å². The van der Waals surface area contributed by atoms with E-state index in [0.29, 0.717) is 11.1 Å². The third kappa shape index (κ3) is 6.17. The third-order valence-corrected chi connectivity index (χ3v) is 6.41. The zero-order valence-corrected chi connectivity index (χ0v) is 23.3. The van der Waals surface area contributed by atoms with Crippen molar-refractivity contribution in [1.29, 1.82) is 0 Å². The first-order chi connectivity index (χ1) is 17.2. The van der Waals surface area contributed by atoms with E-state index in [1.807, 2.05) is 0 Å². The lowest BCUT2D eigenvalue weighted by molar-refractivity contribution is -0.181. The maximum Gasteiger partial charge on any atom is 0.325 e. The molecule has 6 heteroatoms. The van der Waals surface area contributed by atoms with Crippen molar-refractivity contribution in [3.63, 3.8) is 0 Å². The summed E-state index contributed by atoms with van der Waals surface area (Å²) in [4.78, 5) is 57.1.